The molecule has 0 saturated heterocycles. The van der Waals surface area contributed by atoms with Crippen LogP contribution in [0.15, 0.2) is 10.6 Å². The van der Waals surface area contributed by atoms with Gasteiger partial charge in [-0.05, 0) is 25.8 Å². The standard InChI is InChI=1S/C13H19N3O3/c1-9(2)16-7-5-10(6-8-16)13-14-11(19-15-13)3-4-12(17)18/h5,9H,3-4,6-8H2,1-2H3,(H,17,18). The van der Waals surface area contributed by atoms with Gasteiger partial charge in [-0.25, -0.2) is 0 Å². The number of aromatic nitrogens is 2. The number of aryl methyl sites for hydroxylation is 1. The van der Waals surface area contributed by atoms with E-state index in [-0.39, 0.29) is 12.8 Å². The number of carboxylic acids is 1. The molecule has 0 unspecified atom stereocenters. The van der Waals surface area contributed by atoms with Gasteiger partial charge < -0.3 is 9.63 Å². The van der Waals surface area contributed by atoms with E-state index in [1.165, 1.54) is 0 Å². The zero-order valence-corrected chi connectivity index (χ0v) is 11.3. The molecule has 0 atom stereocenters. The zero-order chi connectivity index (χ0) is 13.8. The maximum atomic E-state index is 10.5. The van der Waals surface area contributed by atoms with Crippen LogP contribution < -0.4 is 0 Å². The van der Waals surface area contributed by atoms with Crippen LogP contribution >= 0.6 is 0 Å². The van der Waals surface area contributed by atoms with Gasteiger partial charge in [0.25, 0.3) is 0 Å². The van der Waals surface area contributed by atoms with Gasteiger partial charge in [-0.15, -0.1) is 0 Å². The average Bonchev–Trinajstić information content (AvgIpc) is 2.85. The van der Waals surface area contributed by atoms with Crippen LogP contribution in [0.2, 0.25) is 0 Å². The molecular weight excluding hydrogens is 246 g/mol. The summed E-state index contributed by atoms with van der Waals surface area (Å²) in [7, 11) is 0. The monoisotopic (exact) mass is 265 g/mol. The lowest BCUT2D eigenvalue weighted by Gasteiger charge is -2.28. The highest BCUT2D eigenvalue weighted by Crippen LogP contribution is 2.21. The van der Waals surface area contributed by atoms with Crippen molar-refractivity contribution in [2.24, 2.45) is 0 Å². The summed E-state index contributed by atoms with van der Waals surface area (Å²) in [4.78, 5) is 17.1. The molecule has 0 radical (unpaired) electrons. The molecule has 2 rings (SSSR count). The summed E-state index contributed by atoms with van der Waals surface area (Å²) < 4.78 is 5.06. The Hall–Kier alpha value is -1.69. The van der Waals surface area contributed by atoms with Crippen molar-refractivity contribution >= 4 is 11.5 Å². The third kappa shape index (κ3) is 3.64. The van der Waals surface area contributed by atoms with Crippen LogP contribution in [-0.4, -0.2) is 45.2 Å². The summed E-state index contributed by atoms with van der Waals surface area (Å²) in [6, 6.07) is 0.536. The quantitative estimate of drug-likeness (QED) is 0.870. The van der Waals surface area contributed by atoms with E-state index in [4.69, 9.17) is 9.63 Å². The first-order valence-electron chi connectivity index (χ1n) is 6.54. The molecule has 0 aliphatic carbocycles. The van der Waals surface area contributed by atoms with E-state index in [9.17, 15) is 4.79 Å². The van der Waals surface area contributed by atoms with Gasteiger partial charge in [0.2, 0.25) is 5.89 Å². The van der Waals surface area contributed by atoms with Gasteiger partial charge in [0, 0.05) is 25.6 Å². The van der Waals surface area contributed by atoms with Gasteiger partial charge in [0.15, 0.2) is 5.82 Å². The molecule has 0 amide bonds. The van der Waals surface area contributed by atoms with Gasteiger partial charge in [0.1, 0.15) is 0 Å². The largest absolute Gasteiger partial charge is 0.481 e. The minimum atomic E-state index is -0.857. The number of nitrogens with zero attached hydrogens (tertiary/aromatic N) is 3. The molecule has 1 N–H and O–H groups in total. The second-order valence-electron chi connectivity index (χ2n) is 4.97. The van der Waals surface area contributed by atoms with Crippen molar-refractivity contribution in [2.75, 3.05) is 13.1 Å². The fourth-order valence-corrected chi connectivity index (χ4v) is 2.06. The Kier molecular flexibility index (Phi) is 4.31. The van der Waals surface area contributed by atoms with Crippen molar-refractivity contribution in [2.45, 2.75) is 39.2 Å². The van der Waals surface area contributed by atoms with Crippen LogP contribution in [0.3, 0.4) is 0 Å². The molecule has 6 heteroatoms. The lowest BCUT2D eigenvalue weighted by Crippen LogP contribution is -2.34. The van der Waals surface area contributed by atoms with Crippen LogP contribution in [0.1, 0.15) is 38.4 Å². The van der Waals surface area contributed by atoms with Crippen LogP contribution in [0, 0.1) is 0 Å². The van der Waals surface area contributed by atoms with E-state index in [1.54, 1.807) is 0 Å². The van der Waals surface area contributed by atoms with E-state index in [1.807, 2.05) is 0 Å². The lowest BCUT2D eigenvalue weighted by molar-refractivity contribution is -0.137. The Bertz CT molecular complexity index is 479. The van der Waals surface area contributed by atoms with E-state index in [2.05, 4.69) is 35.0 Å². The maximum absolute atomic E-state index is 10.5. The van der Waals surface area contributed by atoms with Crippen molar-refractivity contribution in [1.29, 1.82) is 0 Å². The molecule has 1 aromatic heterocycles. The Morgan fingerprint density at radius 2 is 2.37 bits per heavy atom. The van der Waals surface area contributed by atoms with Crippen LogP contribution in [0.5, 0.6) is 0 Å². The maximum Gasteiger partial charge on any atom is 0.303 e. The highest BCUT2D eigenvalue weighted by atomic mass is 16.5. The normalized spacial score (nSPS) is 16.7. The molecule has 1 aromatic rings. The molecule has 104 valence electrons. The molecule has 2 heterocycles. The van der Waals surface area contributed by atoms with Crippen molar-refractivity contribution in [1.82, 2.24) is 15.0 Å². The minimum Gasteiger partial charge on any atom is -0.481 e. The second kappa shape index (κ2) is 5.97. The van der Waals surface area contributed by atoms with Crippen molar-refractivity contribution in [3.8, 4) is 0 Å². The average molecular weight is 265 g/mol. The van der Waals surface area contributed by atoms with Gasteiger partial charge in [-0.3, -0.25) is 9.69 Å². The molecule has 0 saturated carbocycles. The van der Waals surface area contributed by atoms with Crippen LogP contribution in [0.25, 0.3) is 5.57 Å². The molecule has 6 nitrogen and oxygen atoms in total. The highest BCUT2D eigenvalue weighted by molar-refractivity contribution is 5.67. The lowest BCUT2D eigenvalue weighted by atomic mass is 10.1. The van der Waals surface area contributed by atoms with E-state index in [0.717, 1.165) is 25.1 Å². The second-order valence-corrected chi connectivity index (χ2v) is 4.97. The van der Waals surface area contributed by atoms with E-state index in [0.29, 0.717) is 17.8 Å². The molecule has 0 bridgehead atoms. The third-order valence-electron chi connectivity index (χ3n) is 3.28. The van der Waals surface area contributed by atoms with Gasteiger partial charge in [-0.2, -0.15) is 4.98 Å². The number of carboxylic acid groups (broad SMARTS) is 1. The predicted octanol–water partition coefficient (Wildman–Crippen LogP) is 1.58. The third-order valence-corrected chi connectivity index (χ3v) is 3.28. The SMILES string of the molecule is CC(C)N1CC=C(c2noc(CCC(=O)O)n2)CC1. The first-order valence-corrected chi connectivity index (χ1v) is 6.54. The number of aliphatic carboxylic acids is 1. The summed E-state index contributed by atoms with van der Waals surface area (Å²) >= 11 is 0. The predicted molar refractivity (Wildman–Crippen MR) is 69.6 cm³/mol. The number of carbonyl (C=O) groups is 1. The fourth-order valence-electron chi connectivity index (χ4n) is 2.06. The molecule has 0 fully saturated rings. The van der Waals surface area contributed by atoms with Crippen molar-refractivity contribution < 1.29 is 14.4 Å². The molecule has 1 aliphatic heterocycles. The summed E-state index contributed by atoms with van der Waals surface area (Å²) in [6.07, 6.45) is 3.32. The fraction of sp³-hybridized carbons (Fsp3) is 0.615. The van der Waals surface area contributed by atoms with Crippen molar-refractivity contribution in [3.05, 3.63) is 17.8 Å². The van der Waals surface area contributed by atoms with E-state index < -0.39 is 5.97 Å². The van der Waals surface area contributed by atoms with Gasteiger partial charge >= 0.3 is 5.97 Å². The molecule has 0 spiro atoms. The van der Waals surface area contributed by atoms with Crippen LogP contribution in [0.4, 0.5) is 0 Å². The first-order chi connectivity index (χ1) is 9.06. The number of rotatable bonds is 5. The summed E-state index contributed by atoms with van der Waals surface area (Å²) in [5.74, 6) is 0.137. The Balaban J connectivity index is 1.97. The smallest absolute Gasteiger partial charge is 0.303 e. The number of hydrogen-bond donors (Lipinski definition) is 1. The summed E-state index contributed by atoms with van der Waals surface area (Å²) in [5.41, 5.74) is 1.09. The van der Waals surface area contributed by atoms with E-state index >= 15 is 0 Å². The molecule has 0 aromatic carbocycles. The van der Waals surface area contributed by atoms with Gasteiger partial charge in [-0.1, -0.05) is 11.2 Å². The number of hydrogen-bond acceptors (Lipinski definition) is 5. The van der Waals surface area contributed by atoms with Crippen LogP contribution in [-0.2, 0) is 11.2 Å². The molecule has 1 aliphatic rings. The minimum absolute atomic E-state index is 0.0157. The molecule has 19 heavy (non-hydrogen) atoms. The summed E-state index contributed by atoms with van der Waals surface area (Å²) in [5, 5.41) is 12.5. The first kappa shape index (κ1) is 13.7. The zero-order valence-electron chi connectivity index (χ0n) is 11.3. The molecular formula is C13H19N3O3. The van der Waals surface area contributed by atoms with Gasteiger partial charge in [0.05, 0.1) is 6.42 Å². The highest BCUT2D eigenvalue weighted by Gasteiger charge is 2.18. The Morgan fingerprint density at radius 3 is 2.95 bits per heavy atom. The summed E-state index contributed by atoms with van der Waals surface area (Å²) in [6.45, 7) is 6.24. The topological polar surface area (TPSA) is 79.5 Å². The van der Waals surface area contributed by atoms with Crippen molar-refractivity contribution in [3.63, 3.8) is 0 Å². The Labute approximate surface area is 112 Å². The Morgan fingerprint density at radius 1 is 1.58 bits per heavy atom.